The Labute approximate surface area is 105 Å². The molecule has 5 heteroatoms. The van der Waals surface area contributed by atoms with Gasteiger partial charge in [-0.2, -0.15) is 13.2 Å². The molecule has 2 nitrogen and oxygen atoms in total. The number of rotatable bonds is 6. The Balaban J connectivity index is 2.46. The molecule has 0 aliphatic carbocycles. The number of nitrogens with one attached hydrogen (secondary N) is 1. The highest BCUT2D eigenvalue weighted by Gasteiger charge is 2.28. The SMILES string of the molecule is CC(C)CNCc1cccc(OCC(F)(F)F)c1. The molecule has 1 aromatic rings. The Kier molecular flexibility index (Phi) is 5.47. The van der Waals surface area contributed by atoms with E-state index in [1.807, 2.05) is 6.07 Å². The highest BCUT2D eigenvalue weighted by atomic mass is 19.4. The second kappa shape index (κ2) is 6.64. The van der Waals surface area contributed by atoms with Gasteiger partial charge >= 0.3 is 6.18 Å². The molecule has 0 saturated heterocycles. The van der Waals surface area contributed by atoms with Gasteiger partial charge in [-0.15, -0.1) is 0 Å². The topological polar surface area (TPSA) is 21.3 Å². The number of halogens is 3. The van der Waals surface area contributed by atoms with E-state index in [1.54, 1.807) is 12.1 Å². The van der Waals surface area contributed by atoms with Crippen LogP contribution in [0.2, 0.25) is 0 Å². The van der Waals surface area contributed by atoms with E-state index >= 15 is 0 Å². The second-order valence-corrected chi connectivity index (χ2v) is 4.58. The van der Waals surface area contributed by atoms with Crippen LogP contribution < -0.4 is 10.1 Å². The van der Waals surface area contributed by atoms with Crippen molar-refractivity contribution in [2.75, 3.05) is 13.2 Å². The van der Waals surface area contributed by atoms with Gasteiger partial charge in [0.15, 0.2) is 6.61 Å². The molecule has 0 radical (unpaired) electrons. The number of alkyl halides is 3. The Bertz CT molecular complexity index is 363. The van der Waals surface area contributed by atoms with Crippen molar-refractivity contribution in [2.45, 2.75) is 26.6 Å². The summed E-state index contributed by atoms with van der Waals surface area (Å²) in [5.74, 6) is 0.783. The van der Waals surface area contributed by atoms with Gasteiger partial charge in [0.05, 0.1) is 0 Å². The van der Waals surface area contributed by atoms with E-state index in [9.17, 15) is 13.2 Å². The van der Waals surface area contributed by atoms with Gasteiger partial charge in [0.2, 0.25) is 0 Å². The van der Waals surface area contributed by atoms with E-state index in [0.717, 1.165) is 12.1 Å². The third-order valence-electron chi connectivity index (χ3n) is 2.18. The van der Waals surface area contributed by atoms with Crippen LogP contribution in [0.1, 0.15) is 19.4 Å². The third-order valence-corrected chi connectivity index (χ3v) is 2.18. The first-order chi connectivity index (χ1) is 8.37. The van der Waals surface area contributed by atoms with Crippen LogP contribution in [0.4, 0.5) is 13.2 Å². The van der Waals surface area contributed by atoms with E-state index in [4.69, 9.17) is 0 Å². The predicted molar refractivity (Wildman–Crippen MR) is 64.5 cm³/mol. The lowest BCUT2D eigenvalue weighted by atomic mass is 10.2. The lowest BCUT2D eigenvalue weighted by Gasteiger charge is -2.11. The molecule has 0 amide bonds. The van der Waals surface area contributed by atoms with Crippen molar-refractivity contribution in [2.24, 2.45) is 5.92 Å². The summed E-state index contributed by atoms with van der Waals surface area (Å²) in [5.41, 5.74) is 0.912. The van der Waals surface area contributed by atoms with Crippen LogP contribution in [0.3, 0.4) is 0 Å². The molecular formula is C13H18F3NO. The summed E-state index contributed by atoms with van der Waals surface area (Å²) in [6.07, 6.45) is -4.30. The van der Waals surface area contributed by atoms with Crippen molar-refractivity contribution in [3.05, 3.63) is 29.8 Å². The molecular weight excluding hydrogens is 243 g/mol. The fraction of sp³-hybridized carbons (Fsp3) is 0.538. The van der Waals surface area contributed by atoms with Crippen molar-refractivity contribution < 1.29 is 17.9 Å². The summed E-state index contributed by atoms with van der Waals surface area (Å²) in [5, 5.41) is 3.22. The van der Waals surface area contributed by atoms with Crippen LogP contribution in [0.15, 0.2) is 24.3 Å². The standard InChI is InChI=1S/C13H18F3NO/c1-10(2)7-17-8-11-4-3-5-12(6-11)18-9-13(14,15)16/h3-6,10,17H,7-9H2,1-2H3. The number of benzene rings is 1. The smallest absolute Gasteiger partial charge is 0.422 e. The fourth-order valence-electron chi connectivity index (χ4n) is 1.42. The van der Waals surface area contributed by atoms with E-state index in [0.29, 0.717) is 12.5 Å². The zero-order valence-electron chi connectivity index (χ0n) is 10.6. The van der Waals surface area contributed by atoms with Crippen LogP contribution in [0.5, 0.6) is 5.75 Å². The van der Waals surface area contributed by atoms with Crippen LogP contribution in [0, 0.1) is 5.92 Å². The zero-order chi connectivity index (χ0) is 13.6. The fourth-order valence-corrected chi connectivity index (χ4v) is 1.42. The number of ether oxygens (including phenoxy) is 1. The number of hydrogen-bond acceptors (Lipinski definition) is 2. The normalized spacial score (nSPS) is 11.9. The Morgan fingerprint density at radius 2 is 2.00 bits per heavy atom. The maximum atomic E-state index is 12.0. The predicted octanol–water partition coefficient (Wildman–Crippen LogP) is 3.37. The van der Waals surface area contributed by atoms with Crippen molar-refractivity contribution in [1.29, 1.82) is 0 Å². The van der Waals surface area contributed by atoms with Crippen LogP contribution in [-0.2, 0) is 6.54 Å². The lowest BCUT2D eigenvalue weighted by molar-refractivity contribution is -0.153. The minimum atomic E-state index is -4.30. The molecule has 0 saturated carbocycles. The van der Waals surface area contributed by atoms with Gasteiger partial charge in [-0.25, -0.2) is 0 Å². The summed E-state index contributed by atoms with van der Waals surface area (Å²) in [7, 11) is 0. The average molecular weight is 261 g/mol. The quantitative estimate of drug-likeness (QED) is 0.847. The molecule has 102 valence electrons. The molecule has 18 heavy (non-hydrogen) atoms. The van der Waals surface area contributed by atoms with E-state index in [1.165, 1.54) is 6.07 Å². The molecule has 1 aromatic carbocycles. The maximum Gasteiger partial charge on any atom is 0.422 e. The van der Waals surface area contributed by atoms with Crippen LogP contribution >= 0.6 is 0 Å². The molecule has 1 N–H and O–H groups in total. The number of hydrogen-bond donors (Lipinski definition) is 1. The summed E-state index contributed by atoms with van der Waals surface area (Å²) < 4.78 is 40.7. The molecule has 1 rings (SSSR count). The highest BCUT2D eigenvalue weighted by molar-refractivity contribution is 5.28. The molecule has 0 fully saturated rings. The molecule has 0 aliphatic rings. The largest absolute Gasteiger partial charge is 0.484 e. The van der Waals surface area contributed by atoms with Crippen molar-refractivity contribution in [1.82, 2.24) is 5.32 Å². The molecule has 0 atom stereocenters. The summed E-state index contributed by atoms with van der Waals surface area (Å²) >= 11 is 0. The lowest BCUT2D eigenvalue weighted by Crippen LogP contribution is -2.20. The Hall–Kier alpha value is -1.23. The van der Waals surface area contributed by atoms with Gasteiger partial charge in [-0.3, -0.25) is 0 Å². The van der Waals surface area contributed by atoms with Crippen LogP contribution in [0.25, 0.3) is 0 Å². The first kappa shape index (κ1) is 14.8. The van der Waals surface area contributed by atoms with Crippen molar-refractivity contribution in [3.8, 4) is 5.75 Å². The molecule has 0 bridgehead atoms. The van der Waals surface area contributed by atoms with Crippen molar-refractivity contribution >= 4 is 0 Å². The molecule has 0 unspecified atom stereocenters. The average Bonchev–Trinajstić information content (AvgIpc) is 2.26. The summed E-state index contributed by atoms with van der Waals surface area (Å²) in [6.45, 7) is 4.43. The summed E-state index contributed by atoms with van der Waals surface area (Å²) in [4.78, 5) is 0. The van der Waals surface area contributed by atoms with Gasteiger partial charge in [0.1, 0.15) is 5.75 Å². The van der Waals surface area contributed by atoms with E-state index in [2.05, 4.69) is 23.9 Å². The van der Waals surface area contributed by atoms with Crippen LogP contribution in [-0.4, -0.2) is 19.3 Å². The van der Waals surface area contributed by atoms with Gasteiger partial charge in [0.25, 0.3) is 0 Å². The minimum absolute atomic E-state index is 0.246. The molecule has 0 aromatic heterocycles. The van der Waals surface area contributed by atoms with E-state index < -0.39 is 12.8 Å². The second-order valence-electron chi connectivity index (χ2n) is 4.58. The van der Waals surface area contributed by atoms with Gasteiger partial charge < -0.3 is 10.1 Å². The van der Waals surface area contributed by atoms with Gasteiger partial charge in [-0.05, 0) is 30.2 Å². The minimum Gasteiger partial charge on any atom is -0.484 e. The van der Waals surface area contributed by atoms with Gasteiger partial charge in [0, 0.05) is 6.54 Å². The first-order valence-electron chi connectivity index (χ1n) is 5.86. The molecule has 0 heterocycles. The Morgan fingerprint density at radius 3 is 2.61 bits per heavy atom. The monoisotopic (exact) mass is 261 g/mol. The van der Waals surface area contributed by atoms with Crippen molar-refractivity contribution in [3.63, 3.8) is 0 Å². The summed E-state index contributed by atoms with van der Waals surface area (Å²) in [6, 6.07) is 6.70. The maximum absolute atomic E-state index is 12.0. The van der Waals surface area contributed by atoms with Gasteiger partial charge in [-0.1, -0.05) is 26.0 Å². The third kappa shape index (κ3) is 6.49. The Morgan fingerprint density at radius 1 is 1.28 bits per heavy atom. The molecule has 0 aliphatic heterocycles. The van der Waals surface area contributed by atoms with E-state index in [-0.39, 0.29) is 5.75 Å². The first-order valence-corrected chi connectivity index (χ1v) is 5.86. The zero-order valence-corrected chi connectivity index (χ0v) is 10.6. The highest BCUT2D eigenvalue weighted by Crippen LogP contribution is 2.19. The molecule has 0 spiro atoms.